The first-order valence-electron chi connectivity index (χ1n) is 5.00. The van der Waals surface area contributed by atoms with Crippen molar-refractivity contribution in [1.29, 1.82) is 0 Å². The largest absolute Gasteiger partial charge is 0.378 e. The van der Waals surface area contributed by atoms with Gasteiger partial charge in [-0.05, 0) is 32.1 Å². The highest BCUT2D eigenvalue weighted by Crippen LogP contribution is 2.32. The second-order valence-electron chi connectivity index (χ2n) is 3.47. The lowest BCUT2D eigenvalue weighted by atomic mass is 9.79. The van der Waals surface area contributed by atoms with Crippen molar-refractivity contribution in [2.45, 2.75) is 52.1 Å². The minimum Gasteiger partial charge on any atom is -0.378 e. The van der Waals surface area contributed by atoms with Gasteiger partial charge in [0.1, 0.15) is 0 Å². The van der Waals surface area contributed by atoms with Crippen molar-refractivity contribution in [3.63, 3.8) is 0 Å². The molecular weight excluding hydrogens is 136 g/mol. The highest BCUT2D eigenvalue weighted by atomic mass is 16.5. The van der Waals surface area contributed by atoms with Gasteiger partial charge in [0.2, 0.25) is 0 Å². The Morgan fingerprint density at radius 3 is 2.45 bits per heavy atom. The van der Waals surface area contributed by atoms with E-state index in [0.717, 1.165) is 12.5 Å². The number of hydrogen-bond donors (Lipinski definition) is 0. The van der Waals surface area contributed by atoms with Crippen LogP contribution in [-0.4, -0.2) is 12.7 Å². The monoisotopic (exact) mass is 156 g/mol. The predicted octanol–water partition coefficient (Wildman–Crippen LogP) is 2.99. The van der Waals surface area contributed by atoms with Crippen molar-refractivity contribution in [2.24, 2.45) is 5.92 Å². The summed E-state index contributed by atoms with van der Waals surface area (Å²) in [7, 11) is 0. The van der Waals surface area contributed by atoms with E-state index in [1.165, 1.54) is 32.1 Å². The third kappa shape index (κ3) is 2.48. The molecule has 0 bridgehead atoms. The minimum atomic E-state index is 0.582. The summed E-state index contributed by atoms with van der Waals surface area (Å²) in [6, 6.07) is 0. The molecule has 1 unspecified atom stereocenters. The quantitative estimate of drug-likeness (QED) is 0.594. The molecule has 0 amide bonds. The van der Waals surface area contributed by atoms with Crippen LogP contribution in [0, 0.1) is 5.92 Å². The van der Waals surface area contributed by atoms with Crippen molar-refractivity contribution < 1.29 is 4.74 Å². The Kier molecular flexibility index (Phi) is 3.92. The molecule has 0 heterocycles. The Bertz CT molecular complexity index is 91.0. The zero-order valence-electron chi connectivity index (χ0n) is 7.81. The predicted molar refractivity (Wildman–Crippen MR) is 47.7 cm³/mol. The van der Waals surface area contributed by atoms with Crippen LogP contribution in [0.5, 0.6) is 0 Å². The number of hydrogen-bond acceptors (Lipinski definition) is 1. The zero-order valence-corrected chi connectivity index (χ0v) is 7.81. The number of rotatable bonds is 5. The van der Waals surface area contributed by atoms with E-state index < -0.39 is 0 Å². The molecule has 1 saturated carbocycles. The molecule has 0 aromatic heterocycles. The molecule has 0 saturated heterocycles. The Labute approximate surface area is 70.1 Å². The normalized spacial score (nSPS) is 21.3. The first-order chi connectivity index (χ1) is 5.38. The van der Waals surface area contributed by atoms with Crippen LogP contribution >= 0.6 is 0 Å². The van der Waals surface area contributed by atoms with Gasteiger partial charge in [-0.25, -0.2) is 0 Å². The maximum Gasteiger partial charge on any atom is 0.0603 e. The van der Waals surface area contributed by atoms with Crippen molar-refractivity contribution in [3.05, 3.63) is 0 Å². The SMILES string of the molecule is CCCC(OCC)C1CCC1. The molecule has 1 heteroatoms. The molecule has 1 aliphatic rings. The topological polar surface area (TPSA) is 9.23 Å². The molecule has 11 heavy (non-hydrogen) atoms. The molecule has 1 rings (SSSR count). The Hall–Kier alpha value is -0.0400. The molecule has 0 N–H and O–H groups in total. The van der Waals surface area contributed by atoms with Crippen LogP contribution < -0.4 is 0 Å². The van der Waals surface area contributed by atoms with E-state index >= 15 is 0 Å². The summed E-state index contributed by atoms with van der Waals surface area (Å²) in [5, 5.41) is 0. The maximum atomic E-state index is 5.69. The van der Waals surface area contributed by atoms with E-state index in [-0.39, 0.29) is 0 Å². The van der Waals surface area contributed by atoms with Gasteiger partial charge in [0.15, 0.2) is 0 Å². The average Bonchev–Trinajstić information content (AvgIpc) is 1.85. The summed E-state index contributed by atoms with van der Waals surface area (Å²) in [6.45, 7) is 5.23. The highest BCUT2D eigenvalue weighted by Gasteiger charge is 2.26. The van der Waals surface area contributed by atoms with Gasteiger partial charge >= 0.3 is 0 Å². The summed E-state index contributed by atoms with van der Waals surface area (Å²) < 4.78 is 5.69. The minimum absolute atomic E-state index is 0.582. The molecule has 1 aliphatic carbocycles. The van der Waals surface area contributed by atoms with Gasteiger partial charge in [-0.15, -0.1) is 0 Å². The first-order valence-corrected chi connectivity index (χ1v) is 5.00. The lowest BCUT2D eigenvalue weighted by Gasteiger charge is -2.33. The van der Waals surface area contributed by atoms with Crippen molar-refractivity contribution >= 4 is 0 Å². The van der Waals surface area contributed by atoms with Crippen LogP contribution in [0.3, 0.4) is 0 Å². The Morgan fingerprint density at radius 2 is 2.09 bits per heavy atom. The van der Waals surface area contributed by atoms with Crippen LogP contribution in [0.4, 0.5) is 0 Å². The molecule has 66 valence electrons. The van der Waals surface area contributed by atoms with Crippen molar-refractivity contribution in [3.8, 4) is 0 Å². The summed E-state index contributed by atoms with van der Waals surface area (Å²) >= 11 is 0. The lowest BCUT2D eigenvalue weighted by Crippen LogP contribution is -2.29. The summed E-state index contributed by atoms with van der Waals surface area (Å²) in [5.74, 6) is 0.898. The highest BCUT2D eigenvalue weighted by molar-refractivity contribution is 4.77. The fraction of sp³-hybridized carbons (Fsp3) is 1.00. The van der Waals surface area contributed by atoms with E-state index in [2.05, 4.69) is 13.8 Å². The van der Waals surface area contributed by atoms with Gasteiger partial charge in [-0.3, -0.25) is 0 Å². The number of ether oxygens (including phenoxy) is 1. The molecule has 1 nitrogen and oxygen atoms in total. The molecule has 0 aromatic carbocycles. The summed E-state index contributed by atoms with van der Waals surface area (Å²) in [4.78, 5) is 0. The van der Waals surface area contributed by atoms with Gasteiger partial charge in [0.25, 0.3) is 0 Å². The smallest absolute Gasteiger partial charge is 0.0603 e. The van der Waals surface area contributed by atoms with Crippen molar-refractivity contribution in [2.75, 3.05) is 6.61 Å². The van der Waals surface area contributed by atoms with E-state index in [0.29, 0.717) is 6.10 Å². The van der Waals surface area contributed by atoms with Crippen LogP contribution in [0.1, 0.15) is 46.0 Å². The van der Waals surface area contributed by atoms with E-state index in [1.54, 1.807) is 0 Å². The van der Waals surface area contributed by atoms with Gasteiger partial charge in [0.05, 0.1) is 6.10 Å². The maximum absolute atomic E-state index is 5.69. The van der Waals surface area contributed by atoms with Crippen LogP contribution in [-0.2, 0) is 4.74 Å². The van der Waals surface area contributed by atoms with Crippen LogP contribution in [0.25, 0.3) is 0 Å². The standard InChI is InChI=1S/C10H20O/c1-3-6-10(11-4-2)9-7-5-8-9/h9-10H,3-8H2,1-2H3. The first kappa shape index (κ1) is 9.05. The third-order valence-corrected chi connectivity index (χ3v) is 2.63. The molecule has 1 atom stereocenters. The van der Waals surface area contributed by atoms with Gasteiger partial charge < -0.3 is 4.74 Å². The fourth-order valence-corrected chi connectivity index (χ4v) is 1.77. The van der Waals surface area contributed by atoms with E-state index in [1.807, 2.05) is 0 Å². The van der Waals surface area contributed by atoms with Gasteiger partial charge in [0, 0.05) is 6.61 Å². The average molecular weight is 156 g/mol. The Balaban J connectivity index is 2.19. The van der Waals surface area contributed by atoms with E-state index in [9.17, 15) is 0 Å². The second-order valence-corrected chi connectivity index (χ2v) is 3.47. The van der Waals surface area contributed by atoms with Gasteiger partial charge in [-0.1, -0.05) is 19.8 Å². The van der Waals surface area contributed by atoms with Crippen molar-refractivity contribution in [1.82, 2.24) is 0 Å². The molecule has 0 aliphatic heterocycles. The summed E-state index contributed by atoms with van der Waals surface area (Å²) in [6.07, 6.45) is 7.35. The van der Waals surface area contributed by atoms with E-state index in [4.69, 9.17) is 4.74 Å². The molecule has 0 aromatic rings. The molecule has 0 spiro atoms. The molecule has 0 radical (unpaired) electrons. The Morgan fingerprint density at radius 1 is 1.36 bits per heavy atom. The second kappa shape index (κ2) is 4.76. The molecule has 1 fully saturated rings. The third-order valence-electron chi connectivity index (χ3n) is 2.63. The fourth-order valence-electron chi connectivity index (χ4n) is 1.77. The lowest BCUT2D eigenvalue weighted by molar-refractivity contribution is -0.0127. The summed E-state index contributed by atoms with van der Waals surface area (Å²) in [5.41, 5.74) is 0. The van der Waals surface area contributed by atoms with Crippen LogP contribution in [0.2, 0.25) is 0 Å². The van der Waals surface area contributed by atoms with Gasteiger partial charge in [-0.2, -0.15) is 0 Å². The van der Waals surface area contributed by atoms with Crippen LogP contribution in [0.15, 0.2) is 0 Å². The molecular formula is C10H20O. The zero-order chi connectivity index (χ0) is 8.10.